The third-order valence-electron chi connectivity index (χ3n) is 3.88. The average Bonchev–Trinajstić information content (AvgIpc) is 2.95. The highest BCUT2D eigenvalue weighted by Crippen LogP contribution is 2.36. The fourth-order valence-electron chi connectivity index (χ4n) is 2.80. The first-order chi connectivity index (χ1) is 10.3. The molecule has 0 unspecified atom stereocenters. The Labute approximate surface area is 131 Å². The second kappa shape index (κ2) is 5.19. The Morgan fingerprint density at radius 3 is 2.62 bits per heavy atom. The highest BCUT2D eigenvalue weighted by atomic mass is 79.9. The summed E-state index contributed by atoms with van der Waals surface area (Å²) >= 11 is 3.47. The fraction of sp³-hybridized carbons (Fsp3) is 0.235. The summed E-state index contributed by atoms with van der Waals surface area (Å²) in [6.07, 6.45) is 1.82. The highest BCUT2D eigenvalue weighted by molar-refractivity contribution is 9.10. The van der Waals surface area contributed by atoms with Crippen LogP contribution in [0.5, 0.6) is 11.5 Å². The highest BCUT2D eigenvalue weighted by Gasteiger charge is 2.21. The molecular weight excluding hydrogens is 330 g/mol. The zero-order valence-corrected chi connectivity index (χ0v) is 13.0. The number of hydrogen-bond donors (Lipinski definition) is 0. The van der Waals surface area contributed by atoms with E-state index in [9.17, 15) is 0 Å². The smallest absolute Gasteiger partial charge is 0.231 e. The molecule has 0 bridgehead atoms. The summed E-state index contributed by atoms with van der Waals surface area (Å²) in [5.74, 6) is 1.69. The normalized spacial score (nSPS) is 15.6. The quantitative estimate of drug-likeness (QED) is 0.831. The lowest BCUT2D eigenvalue weighted by atomic mass is 9.93. The lowest BCUT2D eigenvalue weighted by Crippen LogP contribution is -2.15. The van der Waals surface area contributed by atoms with Gasteiger partial charge in [-0.25, -0.2) is 0 Å². The summed E-state index contributed by atoms with van der Waals surface area (Å²) in [5, 5.41) is 0. The molecular formula is C17H14BrNO2. The molecule has 2 aromatic carbocycles. The van der Waals surface area contributed by atoms with E-state index in [4.69, 9.17) is 14.5 Å². The predicted octanol–water partition coefficient (Wildman–Crippen LogP) is 3.77. The maximum absolute atomic E-state index is 5.50. The van der Waals surface area contributed by atoms with Crippen molar-refractivity contribution in [3.05, 3.63) is 57.6 Å². The molecule has 0 atom stereocenters. The van der Waals surface area contributed by atoms with E-state index in [2.05, 4.69) is 52.3 Å². The molecule has 2 aliphatic rings. The van der Waals surface area contributed by atoms with Crippen LogP contribution in [0.4, 0.5) is 0 Å². The SMILES string of the molecule is Brc1ccc(CC2=NCCc3cc4c(cc32)OCO4)cc1. The Morgan fingerprint density at radius 1 is 1.05 bits per heavy atom. The van der Waals surface area contributed by atoms with Crippen molar-refractivity contribution in [1.82, 2.24) is 0 Å². The number of fused-ring (bicyclic) bond motifs is 2. The molecule has 2 aromatic rings. The Hall–Kier alpha value is -1.81. The third-order valence-corrected chi connectivity index (χ3v) is 4.41. The van der Waals surface area contributed by atoms with Crippen molar-refractivity contribution in [1.29, 1.82) is 0 Å². The van der Waals surface area contributed by atoms with Gasteiger partial charge < -0.3 is 9.47 Å². The van der Waals surface area contributed by atoms with Gasteiger partial charge in [-0.15, -0.1) is 0 Å². The molecule has 0 aliphatic carbocycles. The van der Waals surface area contributed by atoms with E-state index in [0.717, 1.165) is 41.1 Å². The summed E-state index contributed by atoms with van der Waals surface area (Å²) in [5.41, 5.74) is 4.91. The van der Waals surface area contributed by atoms with Gasteiger partial charge in [0.2, 0.25) is 6.79 Å². The van der Waals surface area contributed by atoms with E-state index in [1.807, 2.05) is 0 Å². The third kappa shape index (κ3) is 2.44. The molecule has 4 rings (SSSR count). The minimum Gasteiger partial charge on any atom is -0.454 e. The van der Waals surface area contributed by atoms with Crippen LogP contribution in [0.1, 0.15) is 16.7 Å². The molecule has 0 N–H and O–H groups in total. The summed E-state index contributed by atoms with van der Waals surface area (Å²) in [4.78, 5) is 4.72. The minimum absolute atomic E-state index is 0.317. The molecule has 0 radical (unpaired) electrons. The Morgan fingerprint density at radius 2 is 1.81 bits per heavy atom. The van der Waals surface area contributed by atoms with Crippen molar-refractivity contribution in [2.75, 3.05) is 13.3 Å². The van der Waals surface area contributed by atoms with Crippen LogP contribution in [0.25, 0.3) is 0 Å². The molecule has 0 spiro atoms. The van der Waals surface area contributed by atoms with Gasteiger partial charge in [0, 0.05) is 28.7 Å². The molecule has 3 nitrogen and oxygen atoms in total. The lowest BCUT2D eigenvalue weighted by molar-refractivity contribution is 0.174. The van der Waals surface area contributed by atoms with Gasteiger partial charge in [-0.3, -0.25) is 4.99 Å². The molecule has 0 aromatic heterocycles. The monoisotopic (exact) mass is 343 g/mol. The predicted molar refractivity (Wildman–Crippen MR) is 85.5 cm³/mol. The van der Waals surface area contributed by atoms with Crippen LogP contribution in [0, 0.1) is 0 Å². The largest absolute Gasteiger partial charge is 0.454 e. The van der Waals surface area contributed by atoms with Crippen molar-refractivity contribution < 1.29 is 9.47 Å². The first-order valence-electron chi connectivity index (χ1n) is 7.00. The van der Waals surface area contributed by atoms with Crippen LogP contribution in [-0.4, -0.2) is 19.0 Å². The van der Waals surface area contributed by atoms with Crippen molar-refractivity contribution in [3.63, 3.8) is 0 Å². The van der Waals surface area contributed by atoms with Gasteiger partial charge in [-0.05, 0) is 41.8 Å². The summed E-state index contributed by atoms with van der Waals surface area (Å²) < 4.78 is 12.1. The molecule has 0 saturated heterocycles. The van der Waals surface area contributed by atoms with Gasteiger partial charge >= 0.3 is 0 Å². The van der Waals surface area contributed by atoms with E-state index in [1.54, 1.807) is 0 Å². The number of benzene rings is 2. The van der Waals surface area contributed by atoms with E-state index < -0.39 is 0 Å². The molecule has 2 aliphatic heterocycles. The number of halogens is 1. The minimum atomic E-state index is 0.317. The van der Waals surface area contributed by atoms with Crippen molar-refractivity contribution in [2.24, 2.45) is 4.99 Å². The topological polar surface area (TPSA) is 30.8 Å². The molecule has 0 amide bonds. The van der Waals surface area contributed by atoms with Crippen LogP contribution < -0.4 is 9.47 Å². The van der Waals surface area contributed by atoms with Crippen LogP contribution in [0.15, 0.2) is 45.9 Å². The van der Waals surface area contributed by atoms with Crippen LogP contribution >= 0.6 is 15.9 Å². The van der Waals surface area contributed by atoms with Crippen LogP contribution in [0.3, 0.4) is 0 Å². The first kappa shape index (κ1) is 12.9. The summed E-state index contributed by atoms with van der Waals surface area (Å²) in [7, 11) is 0. The van der Waals surface area contributed by atoms with Crippen molar-refractivity contribution in [2.45, 2.75) is 12.8 Å². The number of rotatable bonds is 2. The van der Waals surface area contributed by atoms with Gasteiger partial charge in [0.15, 0.2) is 11.5 Å². The molecule has 2 heterocycles. The summed E-state index contributed by atoms with van der Waals surface area (Å²) in [6, 6.07) is 12.6. The standard InChI is InChI=1S/C17H14BrNO2/c18-13-3-1-11(2-4-13)7-15-14-9-17-16(20-10-21-17)8-12(14)5-6-19-15/h1-4,8-9H,5-7,10H2. The van der Waals surface area contributed by atoms with E-state index in [1.165, 1.54) is 16.7 Å². The van der Waals surface area contributed by atoms with Gasteiger partial charge in [-0.1, -0.05) is 28.1 Å². The first-order valence-corrected chi connectivity index (χ1v) is 7.79. The van der Waals surface area contributed by atoms with Crippen molar-refractivity contribution in [3.8, 4) is 11.5 Å². The maximum atomic E-state index is 5.50. The average molecular weight is 344 g/mol. The molecule has 106 valence electrons. The molecule has 0 fully saturated rings. The van der Waals surface area contributed by atoms with Gasteiger partial charge in [0.1, 0.15) is 0 Å². The van der Waals surface area contributed by atoms with E-state index >= 15 is 0 Å². The Balaban J connectivity index is 1.68. The van der Waals surface area contributed by atoms with Crippen LogP contribution in [-0.2, 0) is 12.8 Å². The van der Waals surface area contributed by atoms with Gasteiger partial charge in [0.25, 0.3) is 0 Å². The molecule has 21 heavy (non-hydrogen) atoms. The lowest BCUT2D eigenvalue weighted by Gasteiger charge is -2.18. The molecule has 4 heteroatoms. The number of nitrogens with zero attached hydrogens (tertiary/aromatic N) is 1. The van der Waals surface area contributed by atoms with E-state index in [-0.39, 0.29) is 0 Å². The number of hydrogen-bond acceptors (Lipinski definition) is 3. The maximum Gasteiger partial charge on any atom is 0.231 e. The second-order valence-electron chi connectivity index (χ2n) is 5.24. The zero-order valence-electron chi connectivity index (χ0n) is 11.4. The molecule has 0 saturated carbocycles. The van der Waals surface area contributed by atoms with Gasteiger partial charge in [0.05, 0.1) is 0 Å². The Kier molecular flexibility index (Phi) is 3.19. The van der Waals surface area contributed by atoms with Crippen LogP contribution in [0.2, 0.25) is 0 Å². The summed E-state index contributed by atoms with van der Waals surface area (Å²) in [6.45, 7) is 1.16. The van der Waals surface area contributed by atoms with Gasteiger partial charge in [-0.2, -0.15) is 0 Å². The van der Waals surface area contributed by atoms with E-state index in [0.29, 0.717) is 6.79 Å². The fourth-order valence-corrected chi connectivity index (χ4v) is 3.07. The Bertz CT molecular complexity index is 722. The zero-order chi connectivity index (χ0) is 14.2. The van der Waals surface area contributed by atoms with Crippen molar-refractivity contribution >= 4 is 21.6 Å². The second-order valence-corrected chi connectivity index (χ2v) is 6.16. The number of ether oxygens (including phenoxy) is 2. The number of aliphatic imine (C=N–C) groups is 1.